The fourth-order valence-electron chi connectivity index (χ4n) is 2.97. The molecule has 0 spiro atoms. The second-order valence-corrected chi connectivity index (χ2v) is 6.11. The average molecular weight is 340 g/mol. The van der Waals surface area contributed by atoms with Crippen LogP contribution in [-0.2, 0) is 22.5 Å². The number of carbonyl (C=O) groups excluding carboxylic acids is 1. The standard InChI is InChI=1S/C20H24N2O3/c1-2-11-25-20-16(7-5-10-21-20)14-22-19(23)13-18-17-8-4-3-6-15(17)9-12-24-18/h3-8,10,18H,2,9,11-14H2,1H3,(H,22,23). The van der Waals surface area contributed by atoms with Crippen molar-refractivity contribution in [2.45, 2.75) is 38.8 Å². The number of amides is 1. The van der Waals surface area contributed by atoms with E-state index in [0.717, 1.165) is 24.0 Å². The molecule has 1 unspecified atom stereocenters. The summed E-state index contributed by atoms with van der Waals surface area (Å²) in [5.41, 5.74) is 3.28. The second-order valence-electron chi connectivity index (χ2n) is 6.11. The SMILES string of the molecule is CCCOc1ncccc1CNC(=O)CC1OCCc2ccccc21. The molecule has 1 aliphatic heterocycles. The third-order valence-electron chi connectivity index (χ3n) is 4.23. The van der Waals surface area contributed by atoms with Gasteiger partial charge in [0.05, 0.1) is 25.7 Å². The fraction of sp³-hybridized carbons (Fsp3) is 0.400. The summed E-state index contributed by atoms with van der Waals surface area (Å²) >= 11 is 0. The molecule has 1 aromatic carbocycles. The van der Waals surface area contributed by atoms with Gasteiger partial charge in [-0.2, -0.15) is 0 Å². The Morgan fingerprint density at radius 2 is 2.20 bits per heavy atom. The third kappa shape index (κ3) is 4.57. The van der Waals surface area contributed by atoms with E-state index in [2.05, 4.69) is 16.4 Å². The van der Waals surface area contributed by atoms with Gasteiger partial charge in [0, 0.05) is 18.3 Å². The van der Waals surface area contributed by atoms with Crippen molar-refractivity contribution in [3.05, 3.63) is 59.3 Å². The summed E-state index contributed by atoms with van der Waals surface area (Å²) in [5, 5.41) is 2.95. The van der Waals surface area contributed by atoms with Gasteiger partial charge >= 0.3 is 0 Å². The number of carbonyl (C=O) groups is 1. The maximum absolute atomic E-state index is 12.4. The monoisotopic (exact) mass is 340 g/mol. The van der Waals surface area contributed by atoms with Crippen LogP contribution in [0.25, 0.3) is 0 Å². The Labute approximate surface area is 148 Å². The van der Waals surface area contributed by atoms with Crippen LogP contribution in [0, 0.1) is 0 Å². The van der Waals surface area contributed by atoms with Gasteiger partial charge in [0.1, 0.15) is 0 Å². The quantitative estimate of drug-likeness (QED) is 0.841. The topological polar surface area (TPSA) is 60.5 Å². The van der Waals surface area contributed by atoms with Crippen molar-refractivity contribution < 1.29 is 14.3 Å². The normalized spacial score (nSPS) is 16.1. The summed E-state index contributed by atoms with van der Waals surface area (Å²) in [6, 6.07) is 11.9. The molecule has 1 N–H and O–H groups in total. The van der Waals surface area contributed by atoms with Crippen LogP contribution in [0.2, 0.25) is 0 Å². The van der Waals surface area contributed by atoms with E-state index < -0.39 is 0 Å². The summed E-state index contributed by atoms with van der Waals surface area (Å²) in [6.45, 7) is 3.73. The lowest BCUT2D eigenvalue weighted by Crippen LogP contribution is -2.27. The molecule has 1 atom stereocenters. The maximum atomic E-state index is 12.4. The Balaban J connectivity index is 1.58. The van der Waals surface area contributed by atoms with Gasteiger partial charge in [-0.25, -0.2) is 4.98 Å². The number of benzene rings is 1. The molecule has 0 bridgehead atoms. The predicted octanol–water partition coefficient (Wildman–Crippen LogP) is 3.19. The van der Waals surface area contributed by atoms with E-state index in [-0.39, 0.29) is 12.0 Å². The van der Waals surface area contributed by atoms with Crippen LogP contribution in [0.3, 0.4) is 0 Å². The predicted molar refractivity (Wildman–Crippen MR) is 95.3 cm³/mol. The Morgan fingerprint density at radius 3 is 3.08 bits per heavy atom. The van der Waals surface area contributed by atoms with Crippen LogP contribution in [0.4, 0.5) is 0 Å². The van der Waals surface area contributed by atoms with Gasteiger partial charge in [-0.15, -0.1) is 0 Å². The van der Waals surface area contributed by atoms with E-state index in [1.54, 1.807) is 6.20 Å². The van der Waals surface area contributed by atoms with E-state index in [1.807, 2.05) is 37.3 Å². The second kappa shape index (κ2) is 8.62. The zero-order valence-electron chi connectivity index (χ0n) is 14.5. The summed E-state index contributed by atoms with van der Waals surface area (Å²) in [6.07, 6.45) is 3.67. The minimum absolute atomic E-state index is 0.0352. The van der Waals surface area contributed by atoms with Crippen molar-refractivity contribution >= 4 is 5.91 Å². The fourth-order valence-corrected chi connectivity index (χ4v) is 2.97. The number of rotatable bonds is 7. The van der Waals surface area contributed by atoms with Crippen molar-refractivity contribution in [3.8, 4) is 5.88 Å². The molecule has 1 aromatic heterocycles. The lowest BCUT2D eigenvalue weighted by molar-refractivity contribution is -0.124. The molecule has 3 rings (SSSR count). The first kappa shape index (κ1) is 17.4. The smallest absolute Gasteiger partial charge is 0.223 e. The molecule has 0 aliphatic carbocycles. The molecule has 1 aliphatic rings. The van der Waals surface area contributed by atoms with Crippen molar-refractivity contribution in [3.63, 3.8) is 0 Å². The Bertz CT molecular complexity index is 718. The van der Waals surface area contributed by atoms with Crippen LogP contribution in [0.5, 0.6) is 5.88 Å². The van der Waals surface area contributed by atoms with Crippen LogP contribution in [-0.4, -0.2) is 24.1 Å². The number of ether oxygens (including phenoxy) is 2. The summed E-state index contributed by atoms with van der Waals surface area (Å²) in [5.74, 6) is 0.552. The van der Waals surface area contributed by atoms with Gasteiger partial charge in [0.25, 0.3) is 0 Å². The minimum Gasteiger partial charge on any atom is -0.477 e. The number of pyridine rings is 1. The molecule has 0 saturated carbocycles. The Hall–Kier alpha value is -2.40. The first-order valence-electron chi connectivity index (χ1n) is 8.80. The highest BCUT2D eigenvalue weighted by atomic mass is 16.5. The maximum Gasteiger partial charge on any atom is 0.223 e. The van der Waals surface area contributed by atoms with E-state index >= 15 is 0 Å². The van der Waals surface area contributed by atoms with Gasteiger partial charge in [-0.1, -0.05) is 37.3 Å². The van der Waals surface area contributed by atoms with E-state index in [1.165, 1.54) is 5.56 Å². The van der Waals surface area contributed by atoms with E-state index in [9.17, 15) is 4.79 Å². The largest absolute Gasteiger partial charge is 0.477 e. The molecular formula is C20H24N2O3. The van der Waals surface area contributed by atoms with Gasteiger partial charge in [-0.05, 0) is 30.0 Å². The van der Waals surface area contributed by atoms with E-state index in [4.69, 9.17) is 9.47 Å². The average Bonchev–Trinajstić information content (AvgIpc) is 2.65. The molecular weight excluding hydrogens is 316 g/mol. The van der Waals surface area contributed by atoms with Gasteiger partial charge in [-0.3, -0.25) is 4.79 Å². The highest BCUT2D eigenvalue weighted by Gasteiger charge is 2.23. The Kier molecular flexibility index (Phi) is 6.01. The lowest BCUT2D eigenvalue weighted by atomic mass is 9.95. The zero-order valence-corrected chi connectivity index (χ0v) is 14.5. The molecule has 1 amide bonds. The first-order valence-corrected chi connectivity index (χ1v) is 8.80. The molecule has 5 nitrogen and oxygen atoms in total. The lowest BCUT2D eigenvalue weighted by Gasteiger charge is -2.25. The number of nitrogens with one attached hydrogen (secondary N) is 1. The summed E-state index contributed by atoms with van der Waals surface area (Å²) in [4.78, 5) is 16.6. The van der Waals surface area contributed by atoms with Crippen molar-refractivity contribution in [1.29, 1.82) is 0 Å². The molecule has 0 saturated heterocycles. The third-order valence-corrected chi connectivity index (χ3v) is 4.23. The number of nitrogens with zero attached hydrogens (tertiary/aromatic N) is 1. The van der Waals surface area contributed by atoms with Gasteiger partial charge in [0.15, 0.2) is 0 Å². The van der Waals surface area contributed by atoms with Gasteiger partial charge < -0.3 is 14.8 Å². The number of fused-ring (bicyclic) bond motifs is 1. The van der Waals surface area contributed by atoms with Gasteiger partial charge in [0.2, 0.25) is 11.8 Å². The molecule has 2 heterocycles. The van der Waals surface area contributed by atoms with Crippen LogP contribution < -0.4 is 10.1 Å². The van der Waals surface area contributed by atoms with Crippen molar-refractivity contribution in [2.75, 3.05) is 13.2 Å². The molecule has 2 aromatic rings. The highest BCUT2D eigenvalue weighted by Crippen LogP contribution is 2.29. The summed E-state index contributed by atoms with van der Waals surface area (Å²) in [7, 11) is 0. The van der Waals surface area contributed by atoms with Crippen LogP contribution >= 0.6 is 0 Å². The molecule has 0 fully saturated rings. The molecule has 5 heteroatoms. The van der Waals surface area contributed by atoms with Crippen molar-refractivity contribution in [2.24, 2.45) is 0 Å². The van der Waals surface area contributed by atoms with Crippen LogP contribution in [0.15, 0.2) is 42.6 Å². The Morgan fingerprint density at radius 1 is 1.32 bits per heavy atom. The first-order chi connectivity index (χ1) is 12.3. The molecule has 25 heavy (non-hydrogen) atoms. The van der Waals surface area contributed by atoms with E-state index in [0.29, 0.717) is 32.1 Å². The number of aromatic nitrogens is 1. The zero-order chi connectivity index (χ0) is 17.5. The highest BCUT2D eigenvalue weighted by molar-refractivity contribution is 5.76. The number of hydrogen-bond donors (Lipinski definition) is 1. The summed E-state index contributed by atoms with van der Waals surface area (Å²) < 4.78 is 11.4. The van der Waals surface area contributed by atoms with Crippen LogP contribution in [0.1, 0.15) is 42.6 Å². The van der Waals surface area contributed by atoms with Crippen molar-refractivity contribution in [1.82, 2.24) is 10.3 Å². The molecule has 0 radical (unpaired) electrons. The minimum atomic E-state index is -0.172. The molecule has 132 valence electrons. The number of hydrogen-bond acceptors (Lipinski definition) is 4.